The van der Waals surface area contributed by atoms with Crippen molar-refractivity contribution in [2.24, 2.45) is 0 Å². The van der Waals surface area contributed by atoms with Gasteiger partial charge in [-0.05, 0) is 42.7 Å². The number of amides is 1. The Bertz CT molecular complexity index is 653. The third kappa shape index (κ3) is 3.20. The third-order valence-electron chi connectivity index (χ3n) is 3.36. The summed E-state index contributed by atoms with van der Waals surface area (Å²) in [6.07, 6.45) is 0. The van der Waals surface area contributed by atoms with Crippen molar-refractivity contribution >= 4 is 27.5 Å². The molecule has 1 amide bonds. The van der Waals surface area contributed by atoms with Crippen molar-refractivity contribution in [3.8, 4) is 0 Å². The summed E-state index contributed by atoms with van der Waals surface area (Å²) in [4.78, 5) is 12.3. The number of carbonyl (C=O) groups is 1. The van der Waals surface area contributed by atoms with E-state index in [0.29, 0.717) is 17.8 Å². The molecule has 0 aliphatic carbocycles. The Morgan fingerprint density at radius 1 is 1.25 bits per heavy atom. The summed E-state index contributed by atoms with van der Waals surface area (Å²) in [5.74, 6) is -0.112. The molecule has 0 atom stereocenters. The Hall–Kier alpha value is -1.81. The molecule has 0 aliphatic rings. The highest BCUT2D eigenvalue weighted by Gasteiger charge is 2.12. The minimum atomic E-state index is -0.112. The molecule has 20 heavy (non-hydrogen) atoms. The SMILES string of the molecule is Cc1ccccc1CNC(=O)c1cc(Br)cc(N)c1C. The van der Waals surface area contributed by atoms with Crippen molar-refractivity contribution in [1.82, 2.24) is 5.32 Å². The van der Waals surface area contributed by atoms with Crippen molar-refractivity contribution in [1.29, 1.82) is 0 Å². The van der Waals surface area contributed by atoms with E-state index in [4.69, 9.17) is 5.73 Å². The van der Waals surface area contributed by atoms with Crippen LogP contribution in [0.25, 0.3) is 0 Å². The highest BCUT2D eigenvalue weighted by atomic mass is 79.9. The van der Waals surface area contributed by atoms with Gasteiger partial charge in [0.15, 0.2) is 0 Å². The molecular formula is C16H17BrN2O. The van der Waals surface area contributed by atoms with Gasteiger partial charge in [0.25, 0.3) is 5.91 Å². The first kappa shape index (κ1) is 14.6. The number of aryl methyl sites for hydroxylation is 1. The average molecular weight is 333 g/mol. The predicted molar refractivity (Wildman–Crippen MR) is 85.6 cm³/mol. The average Bonchev–Trinajstić information content (AvgIpc) is 2.41. The number of halogens is 1. The highest BCUT2D eigenvalue weighted by molar-refractivity contribution is 9.10. The highest BCUT2D eigenvalue weighted by Crippen LogP contribution is 2.22. The summed E-state index contributed by atoms with van der Waals surface area (Å²) in [7, 11) is 0. The van der Waals surface area contributed by atoms with Crippen LogP contribution in [-0.4, -0.2) is 5.91 Å². The molecule has 0 unspecified atom stereocenters. The van der Waals surface area contributed by atoms with Crippen molar-refractivity contribution in [3.63, 3.8) is 0 Å². The van der Waals surface area contributed by atoms with Gasteiger partial charge in [0.05, 0.1) is 0 Å². The molecule has 0 saturated heterocycles. The van der Waals surface area contributed by atoms with Gasteiger partial charge in [-0.3, -0.25) is 4.79 Å². The molecule has 0 aromatic heterocycles. The first-order chi connectivity index (χ1) is 9.49. The quantitative estimate of drug-likeness (QED) is 0.844. The summed E-state index contributed by atoms with van der Waals surface area (Å²) >= 11 is 3.36. The van der Waals surface area contributed by atoms with Crippen LogP contribution in [0, 0.1) is 13.8 Å². The minimum Gasteiger partial charge on any atom is -0.398 e. The van der Waals surface area contributed by atoms with Crippen molar-refractivity contribution in [2.75, 3.05) is 5.73 Å². The van der Waals surface area contributed by atoms with E-state index in [-0.39, 0.29) is 5.91 Å². The lowest BCUT2D eigenvalue weighted by Gasteiger charge is -2.11. The Morgan fingerprint density at radius 2 is 1.95 bits per heavy atom. The summed E-state index contributed by atoms with van der Waals surface area (Å²) in [5.41, 5.74) is 10.2. The zero-order valence-electron chi connectivity index (χ0n) is 11.5. The van der Waals surface area contributed by atoms with Crippen LogP contribution >= 0.6 is 15.9 Å². The van der Waals surface area contributed by atoms with E-state index >= 15 is 0 Å². The van der Waals surface area contributed by atoms with E-state index in [0.717, 1.165) is 15.6 Å². The molecule has 104 valence electrons. The number of hydrogen-bond acceptors (Lipinski definition) is 2. The molecule has 0 radical (unpaired) electrons. The number of rotatable bonds is 3. The standard InChI is InChI=1S/C16H17BrN2O/c1-10-5-3-4-6-12(10)9-19-16(20)14-7-13(17)8-15(18)11(14)2/h3-8H,9,18H2,1-2H3,(H,19,20). The molecule has 3 nitrogen and oxygen atoms in total. The Balaban J connectivity index is 2.15. The second-order valence-electron chi connectivity index (χ2n) is 4.78. The number of nitrogen functional groups attached to an aromatic ring is 1. The lowest BCUT2D eigenvalue weighted by Crippen LogP contribution is -2.24. The maximum atomic E-state index is 12.3. The lowest BCUT2D eigenvalue weighted by molar-refractivity contribution is 0.0950. The van der Waals surface area contributed by atoms with Gasteiger partial charge in [-0.25, -0.2) is 0 Å². The van der Waals surface area contributed by atoms with Crippen LogP contribution in [0.2, 0.25) is 0 Å². The Morgan fingerprint density at radius 3 is 2.65 bits per heavy atom. The number of anilines is 1. The zero-order valence-corrected chi connectivity index (χ0v) is 13.1. The first-order valence-electron chi connectivity index (χ1n) is 6.37. The van der Waals surface area contributed by atoms with Crippen LogP contribution in [0.5, 0.6) is 0 Å². The summed E-state index contributed by atoms with van der Waals surface area (Å²) in [6.45, 7) is 4.39. The second-order valence-corrected chi connectivity index (χ2v) is 5.69. The van der Waals surface area contributed by atoms with Gasteiger partial charge < -0.3 is 11.1 Å². The van der Waals surface area contributed by atoms with Gasteiger partial charge in [0.2, 0.25) is 0 Å². The normalized spacial score (nSPS) is 10.3. The fourth-order valence-corrected chi connectivity index (χ4v) is 2.49. The molecule has 0 saturated carbocycles. The Labute approximate surface area is 127 Å². The molecule has 2 aromatic rings. The van der Waals surface area contributed by atoms with Crippen LogP contribution in [0.4, 0.5) is 5.69 Å². The van der Waals surface area contributed by atoms with Crippen LogP contribution in [-0.2, 0) is 6.54 Å². The van der Waals surface area contributed by atoms with Gasteiger partial charge in [-0.2, -0.15) is 0 Å². The first-order valence-corrected chi connectivity index (χ1v) is 7.16. The predicted octanol–water partition coefficient (Wildman–Crippen LogP) is 3.58. The molecular weight excluding hydrogens is 316 g/mol. The fourth-order valence-electron chi connectivity index (χ4n) is 2.02. The molecule has 3 N–H and O–H groups in total. The maximum absolute atomic E-state index is 12.3. The number of nitrogens with two attached hydrogens (primary N) is 1. The van der Waals surface area contributed by atoms with Gasteiger partial charge in [0, 0.05) is 22.3 Å². The van der Waals surface area contributed by atoms with Crippen LogP contribution in [0.1, 0.15) is 27.0 Å². The molecule has 4 heteroatoms. The van der Waals surface area contributed by atoms with Gasteiger partial charge in [-0.1, -0.05) is 40.2 Å². The number of nitrogens with one attached hydrogen (secondary N) is 1. The second kappa shape index (κ2) is 6.09. The van der Waals surface area contributed by atoms with E-state index in [1.54, 1.807) is 12.1 Å². The smallest absolute Gasteiger partial charge is 0.251 e. The van der Waals surface area contributed by atoms with Gasteiger partial charge in [0.1, 0.15) is 0 Å². The molecule has 0 bridgehead atoms. The largest absolute Gasteiger partial charge is 0.398 e. The third-order valence-corrected chi connectivity index (χ3v) is 3.82. The van der Waals surface area contributed by atoms with Gasteiger partial charge >= 0.3 is 0 Å². The molecule has 0 heterocycles. The molecule has 0 aliphatic heterocycles. The summed E-state index contributed by atoms with van der Waals surface area (Å²) in [6, 6.07) is 11.6. The Kier molecular flexibility index (Phi) is 4.45. The van der Waals surface area contributed by atoms with Crippen molar-refractivity contribution in [3.05, 3.63) is 63.1 Å². The monoisotopic (exact) mass is 332 g/mol. The van der Waals surface area contributed by atoms with Crippen molar-refractivity contribution < 1.29 is 4.79 Å². The van der Waals surface area contributed by atoms with Crippen LogP contribution in [0.3, 0.4) is 0 Å². The fraction of sp³-hybridized carbons (Fsp3) is 0.188. The summed E-state index contributed by atoms with van der Waals surface area (Å²) in [5, 5.41) is 2.94. The van der Waals surface area contributed by atoms with Gasteiger partial charge in [-0.15, -0.1) is 0 Å². The molecule has 2 aromatic carbocycles. The van der Waals surface area contributed by atoms with E-state index in [9.17, 15) is 4.79 Å². The van der Waals surface area contributed by atoms with Crippen molar-refractivity contribution in [2.45, 2.75) is 20.4 Å². The number of benzene rings is 2. The number of hydrogen-bond donors (Lipinski definition) is 2. The van der Waals surface area contributed by atoms with E-state index in [1.807, 2.05) is 38.1 Å². The maximum Gasteiger partial charge on any atom is 0.251 e. The van der Waals surface area contributed by atoms with E-state index < -0.39 is 0 Å². The molecule has 2 rings (SSSR count). The molecule has 0 fully saturated rings. The minimum absolute atomic E-state index is 0.112. The lowest BCUT2D eigenvalue weighted by atomic mass is 10.1. The van der Waals surface area contributed by atoms with E-state index in [1.165, 1.54) is 5.56 Å². The zero-order chi connectivity index (χ0) is 14.7. The number of carbonyl (C=O) groups excluding carboxylic acids is 1. The molecule has 0 spiro atoms. The van der Waals surface area contributed by atoms with Crippen LogP contribution in [0.15, 0.2) is 40.9 Å². The topological polar surface area (TPSA) is 55.1 Å². The van der Waals surface area contributed by atoms with Crippen LogP contribution < -0.4 is 11.1 Å². The summed E-state index contributed by atoms with van der Waals surface area (Å²) < 4.78 is 0.807. The van der Waals surface area contributed by atoms with E-state index in [2.05, 4.69) is 21.2 Å².